The van der Waals surface area contributed by atoms with E-state index in [0.717, 1.165) is 44.9 Å². The Morgan fingerprint density at radius 1 is 0.596 bits per heavy atom. The third kappa shape index (κ3) is 42.6. The number of carbonyl (C=O) groups is 1. The van der Waals surface area contributed by atoms with Crippen LogP contribution in [0.3, 0.4) is 0 Å². The van der Waals surface area contributed by atoms with Gasteiger partial charge in [-0.2, -0.15) is 0 Å². The number of hydrogen-bond acceptors (Lipinski definition) is 6. The standard InChI is InChI=1S/C48H93N2O6P/c1-6-8-10-12-14-16-18-19-20-21-22-23-24-25-26-27-28-29-30-31-32-33-35-37-39-41-47(51)46(45-56-57(53,54)55-44-43-50(3,4)5)49-48(52)42-40-38-36-34-17-15-13-11-9-7-2/h28-29,32-33,39,41,46-47,51H,6-27,30-31,34-38,40,42-45H2,1-5H3,(H-,49,52,53,54)/b29-28+,33-32+,41-39+. The Labute approximate surface area is 353 Å². The average molecular weight is 825 g/mol. The van der Waals surface area contributed by atoms with Crippen molar-refractivity contribution in [1.29, 1.82) is 0 Å². The lowest BCUT2D eigenvalue weighted by atomic mass is 10.0. The molecule has 0 heterocycles. The van der Waals surface area contributed by atoms with E-state index in [-0.39, 0.29) is 12.5 Å². The number of amides is 1. The van der Waals surface area contributed by atoms with Crippen molar-refractivity contribution in [1.82, 2.24) is 5.32 Å². The minimum absolute atomic E-state index is 0.00807. The van der Waals surface area contributed by atoms with Gasteiger partial charge in [-0.3, -0.25) is 9.36 Å². The van der Waals surface area contributed by atoms with Crippen LogP contribution < -0.4 is 10.2 Å². The zero-order chi connectivity index (χ0) is 42.1. The van der Waals surface area contributed by atoms with Crippen molar-refractivity contribution in [3.63, 3.8) is 0 Å². The number of nitrogens with one attached hydrogen (secondary N) is 1. The molecule has 0 aliphatic carbocycles. The maximum absolute atomic E-state index is 12.8. The molecule has 0 aliphatic rings. The smallest absolute Gasteiger partial charge is 0.268 e. The molecule has 0 aromatic heterocycles. The van der Waals surface area contributed by atoms with Crippen LogP contribution in [0.25, 0.3) is 0 Å². The van der Waals surface area contributed by atoms with E-state index in [0.29, 0.717) is 17.4 Å². The molecule has 336 valence electrons. The van der Waals surface area contributed by atoms with E-state index in [1.807, 2.05) is 27.2 Å². The lowest BCUT2D eigenvalue weighted by molar-refractivity contribution is -0.870. The molecule has 0 aromatic rings. The van der Waals surface area contributed by atoms with E-state index in [2.05, 4.69) is 43.5 Å². The van der Waals surface area contributed by atoms with Crippen molar-refractivity contribution in [3.05, 3.63) is 36.5 Å². The van der Waals surface area contributed by atoms with Crippen molar-refractivity contribution in [2.24, 2.45) is 0 Å². The fraction of sp³-hybridized carbons (Fsp3) is 0.854. The number of carbonyl (C=O) groups excluding carboxylic acids is 1. The molecule has 8 nitrogen and oxygen atoms in total. The average Bonchev–Trinajstić information content (AvgIpc) is 3.16. The SMILES string of the molecule is CCCCCCCCCCCCCCCCC/C=C/CC/C=C/CC/C=C/C(O)C(COP(=O)([O-])OCC[N+](C)(C)C)NC(=O)CCCCCCCCCCCC. The third-order valence-electron chi connectivity index (χ3n) is 10.6. The molecule has 0 radical (unpaired) electrons. The number of unbranched alkanes of at least 4 members (excludes halogenated alkanes) is 26. The molecule has 0 rings (SSSR count). The fourth-order valence-electron chi connectivity index (χ4n) is 6.77. The van der Waals surface area contributed by atoms with Crippen LogP contribution in [0.5, 0.6) is 0 Å². The van der Waals surface area contributed by atoms with Crippen LogP contribution in [-0.2, 0) is 18.4 Å². The summed E-state index contributed by atoms with van der Waals surface area (Å²) >= 11 is 0. The predicted molar refractivity (Wildman–Crippen MR) is 242 cm³/mol. The van der Waals surface area contributed by atoms with Gasteiger partial charge < -0.3 is 28.8 Å². The molecule has 3 unspecified atom stereocenters. The highest BCUT2D eigenvalue weighted by Crippen LogP contribution is 2.38. The van der Waals surface area contributed by atoms with Gasteiger partial charge in [0.25, 0.3) is 7.82 Å². The molecule has 2 N–H and O–H groups in total. The highest BCUT2D eigenvalue weighted by molar-refractivity contribution is 7.45. The van der Waals surface area contributed by atoms with Gasteiger partial charge in [0, 0.05) is 6.42 Å². The van der Waals surface area contributed by atoms with Gasteiger partial charge in [-0.05, 0) is 44.9 Å². The van der Waals surface area contributed by atoms with E-state index in [4.69, 9.17) is 9.05 Å². The summed E-state index contributed by atoms with van der Waals surface area (Å²) in [6.45, 7) is 4.60. The Hall–Kier alpha value is -1.28. The van der Waals surface area contributed by atoms with Gasteiger partial charge in [0.15, 0.2) is 0 Å². The molecular weight excluding hydrogens is 732 g/mol. The number of hydrogen-bond donors (Lipinski definition) is 2. The fourth-order valence-corrected chi connectivity index (χ4v) is 7.50. The summed E-state index contributed by atoms with van der Waals surface area (Å²) in [5, 5.41) is 13.7. The predicted octanol–water partition coefficient (Wildman–Crippen LogP) is 12.8. The first-order chi connectivity index (χ1) is 27.5. The van der Waals surface area contributed by atoms with Crippen molar-refractivity contribution < 1.29 is 32.9 Å². The van der Waals surface area contributed by atoms with E-state index in [9.17, 15) is 19.4 Å². The Kier molecular flexibility index (Phi) is 39.2. The van der Waals surface area contributed by atoms with Gasteiger partial charge >= 0.3 is 0 Å². The second-order valence-electron chi connectivity index (χ2n) is 17.5. The van der Waals surface area contributed by atoms with Gasteiger partial charge in [-0.15, -0.1) is 0 Å². The summed E-state index contributed by atoms with van der Waals surface area (Å²) in [5.74, 6) is -0.214. The van der Waals surface area contributed by atoms with E-state index in [1.54, 1.807) is 6.08 Å². The summed E-state index contributed by atoms with van der Waals surface area (Å²) < 4.78 is 23.2. The molecule has 9 heteroatoms. The van der Waals surface area contributed by atoms with Crippen molar-refractivity contribution in [2.75, 3.05) is 40.9 Å². The molecule has 0 saturated heterocycles. The van der Waals surface area contributed by atoms with Gasteiger partial charge in [0.1, 0.15) is 13.2 Å². The summed E-state index contributed by atoms with van der Waals surface area (Å²) in [4.78, 5) is 25.2. The Balaban J connectivity index is 4.32. The first-order valence-corrected chi connectivity index (χ1v) is 25.3. The zero-order valence-electron chi connectivity index (χ0n) is 38.0. The Morgan fingerprint density at radius 3 is 1.42 bits per heavy atom. The number of quaternary nitrogens is 1. The number of allylic oxidation sites excluding steroid dienone is 5. The third-order valence-corrected chi connectivity index (χ3v) is 11.5. The lowest BCUT2D eigenvalue weighted by Crippen LogP contribution is -2.45. The summed E-state index contributed by atoms with van der Waals surface area (Å²) in [7, 11) is 1.24. The molecule has 0 aliphatic heterocycles. The van der Waals surface area contributed by atoms with Crippen molar-refractivity contribution in [3.8, 4) is 0 Å². The van der Waals surface area contributed by atoms with Crippen LogP contribution in [0.4, 0.5) is 0 Å². The first-order valence-electron chi connectivity index (χ1n) is 23.9. The van der Waals surface area contributed by atoms with Crippen LogP contribution in [0.1, 0.15) is 213 Å². The minimum Gasteiger partial charge on any atom is -0.756 e. The van der Waals surface area contributed by atoms with E-state index < -0.39 is 26.6 Å². The van der Waals surface area contributed by atoms with Crippen molar-refractivity contribution in [2.45, 2.75) is 225 Å². The van der Waals surface area contributed by atoms with E-state index in [1.165, 1.54) is 148 Å². The molecule has 0 fully saturated rings. The van der Waals surface area contributed by atoms with Crippen molar-refractivity contribution >= 4 is 13.7 Å². The number of phosphoric ester groups is 1. The monoisotopic (exact) mass is 825 g/mol. The molecule has 1 amide bonds. The Bertz CT molecular complexity index is 1030. The number of likely N-dealkylation sites (N-methyl/N-ethyl adjacent to an activating group) is 1. The number of phosphoric acid groups is 1. The van der Waals surface area contributed by atoms with Gasteiger partial charge in [-0.25, -0.2) is 0 Å². The molecule has 0 bridgehead atoms. The normalized spacial score (nSPS) is 14.6. The second-order valence-corrected chi connectivity index (χ2v) is 18.9. The van der Waals surface area contributed by atoms with Gasteiger partial charge in [0.2, 0.25) is 5.91 Å². The van der Waals surface area contributed by atoms with Gasteiger partial charge in [-0.1, -0.05) is 198 Å². The largest absolute Gasteiger partial charge is 0.756 e. The quantitative estimate of drug-likeness (QED) is 0.0274. The van der Waals surface area contributed by atoms with E-state index >= 15 is 0 Å². The number of aliphatic hydroxyl groups is 1. The minimum atomic E-state index is -4.59. The molecule has 3 atom stereocenters. The van der Waals surface area contributed by atoms with Gasteiger partial charge in [0.05, 0.1) is 39.9 Å². The second kappa shape index (κ2) is 40.1. The van der Waals surface area contributed by atoms with Crippen LogP contribution in [0.2, 0.25) is 0 Å². The molecular formula is C48H93N2O6P. The lowest BCUT2D eigenvalue weighted by Gasteiger charge is -2.29. The zero-order valence-corrected chi connectivity index (χ0v) is 38.9. The Morgan fingerprint density at radius 2 is 0.982 bits per heavy atom. The molecule has 0 aromatic carbocycles. The molecule has 0 spiro atoms. The number of rotatable bonds is 43. The number of aliphatic hydroxyl groups excluding tert-OH is 1. The summed E-state index contributed by atoms with van der Waals surface area (Å²) in [5.41, 5.74) is 0. The highest BCUT2D eigenvalue weighted by atomic mass is 31.2. The number of nitrogens with zero attached hydrogens (tertiary/aromatic N) is 1. The topological polar surface area (TPSA) is 108 Å². The van der Waals surface area contributed by atoms with Crippen LogP contribution in [0.15, 0.2) is 36.5 Å². The summed E-state index contributed by atoms with van der Waals surface area (Å²) in [6.07, 6.45) is 49.3. The highest BCUT2D eigenvalue weighted by Gasteiger charge is 2.23. The maximum atomic E-state index is 12.8. The van der Waals surface area contributed by atoms with Crippen LogP contribution >= 0.6 is 7.82 Å². The molecule has 57 heavy (non-hydrogen) atoms. The van der Waals surface area contributed by atoms with Crippen LogP contribution in [-0.4, -0.2) is 68.5 Å². The maximum Gasteiger partial charge on any atom is 0.268 e. The summed E-state index contributed by atoms with van der Waals surface area (Å²) in [6, 6.07) is -0.905. The first kappa shape index (κ1) is 55.7. The molecule has 0 saturated carbocycles. The van der Waals surface area contributed by atoms with Crippen LogP contribution in [0, 0.1) is 0 Å².